The van der Waals surface area contributed by atoms with E-state index in [1.807, 2.05) is 22.9 Å². The molecule has 4 nitrogen and oxygen atoms in total. The van der Waals surface area contributed by atoms with E-state index in [1.165, 1.54) is 0 Å². The van der Waals surface area contributed by atoms with E-state index in [2.05, 4.69) is 5.32 Å². The highest BCUT2D eigenvalue weighted by Crippen LogP contribution is 2.25. The van der Waals surface area contributed by atoms with Crippen LogP contribution >= 0.6 is 11.6 Å². The van der Waals surface area contributed by atoms with Crippen LogP contribution in [0.1, 0.15) is 18.4 Å². The van der Waals surface area contributed by atoms with Crippen molar-refractivity contribution < 1.29 is 9.90 Å². The SMILES string of the molecule is O=C(Cn1cc(CO)c2ccc(Cl)cc21)NC1CC1. The quantitative estimate of drug-likeness (QED) is 0.899. The normalized spacial score (nSPS) is 14.8. The monoisotopic (exact) mass is 278 g/mol. The van der Waals surface area contributed by atoms with E-state index in [1.54, 1.807) is 6.07 Å². The lowest BCUT2D eigenvalue weighted by molar-refractivity contribution is -0.121. The van der Waals surface area contributed by atoms with E-state index in [0.717, 1.165) is 29.3 Å². The van der Waals surface area contributed by atoms with Gasteiger partial charge in [-0.05, 0) is 25.0 Å². The number of aliphatic hydroxyl groups excluding tert-OH is 1. The molecule has 0 radical (unpaired) electrons. The van der Waals surface area contributed by atoms with Crippen LogP contribution in [-0.2, 0) is 17.9 Å². The predicted octanol–water partition coefficient (Wildman–Crippen LogP) is 2.07. The van der Waals surface area contributed by atoms with Crippen molar-refractivity contribution in [3.63, 3.8) is 0 Å². The molecule has 1 aromatic carbocycles. The maximum absolute atomic E-state index is 11.9. The van der Waals surface area contributed by atoms with Crippen molar-refractivity contribution in [3.05, 3.63) is 35.0 Å². The maximum Gasteiger partial charge on any atom is 0.240 e. The number of halogens is 1. The van der Waals surface area contributed by atoms with Crippen molar-refractivity contribution >= 4 is 28.4 Å². The summed E-state index contributed by atoms with van der Waals surface area (Å²) in [6, 6.07) is 5.84. The van der Waals surface area contributed by atoms with Gasteiger partial charge in [0.15, 0.2) is 0 Å². The first-order chi connectivity index (χ1) is 9.17. The van der Waals surface area contributed by atoms with Crippen LogP contribution in [0.3, 0.4) is 0 Å². The number of benzene rings is 1. The highest BCUT2D eigenvalue weighted by atomic mass is 35.5. The minimum absolute atomic E-state index is 0.00358. The first kappa shape index (κ1) is 12.5. The lowest BCUT2D eigenvalue weighted by Crippen LogP contribution is -2.29. The molecule has 0 bridgehead atoms. The van der Waals surface area contributed by atoms with E-state index in [-0.39, 0.29) is 19.1 Å². The van der Waals surface area contributed by atoms with Crippen LogP contribution in [0.4, 0.5) is 0 Å². The number of hydrogen-bond acceptors (Lipinski definition) is 2. The van der Waals surface area contributed by atoms with Crippen LogP contribution in [0.2, 0.25) is 5.02 Å². The van der Waals surface area contributed by atoms with Crippen LogP contribution in [0.15, 0.2) is 24.4 Å². The number of nitrogens with one attached hydrogen (secondary N) is 1. The number of nitrogens with zero attached hydrogens (tertiary/aromatic N) is 1. The fraction of sp³-hybridized carbons (Fsp3) is 0.357. The second-order valence-electron chi connectivity index (χ2n) is 4.94. The van der Waals surface area contributed by atoms with Crippen molar-refractivity contribution in [1.82, 2.24) is 9.88 Å². The van der Waals surface area contributed by atoms with Gasteiger partial charge in [0, 0.05) is 28.2 Å². The number of fused-ring (bicyclic) bond motifs is 1. The molecule has 1 fully saturated rings. The van der Waals surface area contributed by atoms with E-state index in [9.17, 15) is 9.90 Å². The minimum atomic E-state index is -0.0463. The summed E-state index contributed by atoms with van der Waals surface area (Å²) in [5, 5.41) is 13.9. The lowest BCUT2D eigenvalue weighted by atomic mass is 10.2. The summed E-state index contributed by atoms with van der Waals surface area (Å²) in [6.45, 7) is 0.211. The molecule has 1 aliphatic carbocycles. The fourth-order valence-electron chi connectivity index (χ4n) is 2.25. The average Bonchev–Trinajstić information content (AvgIpc) is 3.12. The molecule has 0 spiro atoms. The topological polar surface area (TPSA) is 54.3 Å². The van der Waals surface area contributed by atoms with Crippen molar-refractivity contribution in [2.24, 2.45) is 0 Å². The summed E-state index contributed by atoms with van der Waals surface area (Å²) >= 11 is 6.00. The van der Waals surface area contributed by atoms with Crippen molar-refractivity contribution in [2.75, 3.05) is 0 Å². The largest absolute Gasteiger partial charge is 0.392 e. The molecule has 2 N–H and O–H groups in total. The minimum Gasteiger partial charge on any atom is -0.392 e. The van der Waals surface area contributed by atoms with Crippen LogP contribution in [0.25, 0.3) is 10.9 Å². The summed E-state index contributed by atoms with van der Waals surface area (Å²) < 4.78 is 1.84. The van der Waals surface area contributed by atoms with E-state index < -0.39 is 0 Å². The summed E-state index contributed by atoms with van der Waals surface area (Å²) in [5.74, 6) is 0.00358. The Balaban J connectivity index is 1.92. The molecule has 19 heavy (non-hydrogen) atoms. The fourth-order valence-corrected chi connectivity index (χ4v) is 2.42. The van der Waals surface area contributed by atoms with E-state index >= 15 is 0 Å². The smallest absolute Gasteiger partial charge is 0.240 e. The number of aromatic nitrogens is 1. The number of hydrogen-bond donors (Lipinski definition) is 2. The zero-order chi connectivity index (χ0) is 13.4. The molecule has 0 unspecified atom stereocenters. The number of rotatable bonds is 4. The van der Waals surface area contributed by atoms with Gasteiger partial charge in [-0.25, -0.2) is 0 Å². The van der Waals surface area contributed by atoms with Gasteiger partial charge < -0.3 is 15.0 Å². The second-order valence-corrected chi connectivity index (χ2v) is 5.38. The predicted molar refractivity (Wildman–Crippen MR) is 74.0 cm³/mol. The molecule has 5 heteroatoms. The molecule has 0 aliphatic heterocycles. The third-order valence-corrected chi connectivity index (χ3v) is 3.59. The third kappa shape index (κ3) is 2.60. The molecule has 3 rings (SSSR count). The average molecular weight is 279 g/mol. The van der Waals surface area contributed by atoms with Gasteiger partial charge in [-0.2, -0.15) is 0 Å². The first-order valence-corrected chi connectivity index (χ1v) is 6.72. The Morgan fingerprint density at radius 3 is 2.95 bits per heavy atom. The molecule has 1 amide bonds. The molecule has 2 aromatic rings. The van der Waals surface area contributed by atoms with Crippen LogP contribution < -0.4 is 5.32 Å². The molecule has 1 aromatic heterocycles. The molecule has 1 saturated carbocycles. The van der Waals surface area contributed by atoms with Gasteiger partial charge >= 0.3 is 0 Å². The molecule has 1 aliphatic rings. The lowest BCUT2D eigenvalue weighted by Gasteiger charge is -2.06. The van der Waals surface area contributed by atoms with Crippen molar-refractivity contribution in [3.8, 4) is 0 Å². The van der Waals surface area contributed by atoms with Gasteiger partial charge in [0.1, 0.15) is 6.54 Å². The summed E-state index contributed by atoms with van der Waals surface area (Å²) in [5.41, 5.74) is 1.69. The number of amides is 1. The van der Waals surface area contributed by atoms with Crippen LogP contribution in [0, 0.1) is 0 Å². The van der Waals surface area contributed by atoms with Crippen molar-refractivity contribution in [1.29, 1.82) is 0 Å². The Bertz CT molecular complexity index is 632. The highest BCUT2D eigenvalue weighted by molar-refractivity contribution is 6.31. The molecular weight excluding hydrogens is 264 g/mol. The Morgan fingerprint density at radius 2 is 2.26 bits per heavy atom. The maximum atomic E-state index is 11.9. The number of carbonyl (C=O) groups is 1. The van der Waals surface area contributed by atoms with E-state index in [0.29, 0.717) is 11.1 Å². The number of carbonyl (C=O) groups excluding carboxylic acids is 1. The third-order valence-electron chi connectivity index (χ3n) is 3.35. The van der Waals surface area contributed by atoms with E-state index in [4.69, 9.17) is 11.6 Å². The molecule has 0 saturated heterocycles. The summed E-state index contributed by atoms with van der Waals surface area (Å²) in [7, 11) is 0. The van der Waals surface area contributed by atoms with Crippen LogP contribution in [-0.4, -0.2) is 21.6 Å². The number of aliphatic hydroxyl groups is 1. The van der Waals surface area contributed by atoms with Gasteiger partial charge in [0.2, 0.25) is 5.91 Å². The standard InChI is InChI=1S/C14H15ClN2O2/c15-10-1-4-12-9(8-18)6-17(13(12)5-10)7-14(19)16-11-2-3-11/h1,4-6,11,18H,2-3,7-8H2,(H,16,19). The van der Waals surface area contributed by atoms with Crippen LogP contribution in [0.5, 0.6) is 0 Å². The molecule has 100 valence electrons. The molecule has 1 heterocycles. The zero-order valence-corrected chi connectivity index (χ0v) is 11.2. The highest BCUT2D eigenvalue weighted by Gasteiger charge is 2.23. The molecule has 0 atom stereocenters. The Kier molecular flexibility index (Phi) is 3.21. The van der Waals surface area contributed by atoms with Crippen molar-refractivity contribution in [2.45, 2.75) is 32.0 Å². The van der Waals surface area contributed by atoms with Gasteiger partial charge in [0.25, 0.3) is 0 Å². The van der Waals surface area contributed by atoms with Gasteiger partial charge in [-0.15, -0.1) is 0 Å². The first-order valence-electron chi connectivity index (χ1n) is 6.35. The van der Waals surface area contributed by atoms with Gasteiger partial charge in [0.05, 0.1) is 12.1 Å². The Hall–Kier alpha value is -1.52. The summed E-state index contributed by atoms with van der Waals surface area (Å²) in [4.78, 5) is 11.9. The Labute approximate surface area is 116 Å². The molecular formula is C14H15ClN2O2. The van der Waals surface area contributed by atoms with Gasteiger partial charge in [-0.3, -0.25) is 4.79 Å². The van der Waals surface area contributed by atoms with Gasteiger partial charge in [-0.1, -0.05) is 17.7 Å². The zero-order valence-electron chi connectivity index (χ0n) is 10.4. The summed E-state index contributed by atoms with van der Waals surface area (Å²) in [6.07, 6.45) is 3.96. The Morgan fingerprint density at radius 1 is 1.47 bits per heavy atom. The second kappa shape index (κ2) is 4.87.